The summed E-state index contributed by atoms with van der Waals surface area (Å²) in [6.07, 6.45) is 0.745. The Morgan fingerprint density at radius 1 is 1.12 bits per heavy atom. The van der Waals surface area contributed by atoms with Gasteiger partial charge in [-0.3, -0.25) is 19.3 Å². The molecule has 7 heteroatoms. The number of methoxy groups -OCH3 is 1. The van der Waals surface area contributed by atoms with Crippen molar-refractivity contribution >= 4 is 17.6 Å². The minimum atomic E-state index is -0.363. The topological polar surface area (TPSA) is 79.0 Å². The quantitative estimate of drug-likeness (QED) is 0.595. The molecule has 25 heavy (non-hydrogen) atoms. The predicted octanol–water partition coefficient (Wildman–Crippen LogP) is 0.920. The highest BCUT2D eigenvalue weighted by molar-refractivity contribution is 5.87. The van der Waals surface area contributed by atoms with Gasteiger partial charge in [-0.05, 0) is 33.9 Å². The molecule has 2 amide bonds. The number of hydrogen-bond donors (Lipinski definition) is 1. The number of amides is 2. The van der Waals surface area contributed by atoms with Gasteiger partial charge in [0.15, 0.2) is 0 Å². The minimum absolute atomic E-state index is 0.0223. The molecule has 0 heterocycles. The molecule has 0 rings (SSSR count). The maximum atomic E-state index is 12.6. The van der Waals surface area contributed by atoms with E-state index in [4.69, 9.17) is 4.74 Å². The number of ether oxygens (including phenoxy) is 1. The standard InChI is InChI=1S/C18H35N3O4/c1-9-12(2)17(15(25-8)10-13(3)22)21(7)16(23)11-19-18(24)14(4)20(5)6/h12,14-15,17H,9-11H2,1-8H3,(H,19,24). The van der Waals surface area contributed by atoms with Gasteiger partial charge >= 0.3 is 0 Å². The monoisotopic (exact) mass is 357 g/mol. The highest BCUT2D eigenvalue weighted by atomic mass is 16.5. The van der Waals surface area contributed by atoms with Crippen LogP contribution in [0.3, 0.4) is 0 Å². The lowest BCUT2D eigenvalue weighted by Gasteiger charge is -2.37. The van der Waals surface area contributed by atoms with Crippen LogP contribution in [0.5, 0.6) is 0 Å². The largest absolute Gasteiger partial charge is 0.379 e. The van der Waals surface area contributed by atoms with Gasteiger partial charge in [-0.2, -0.15) is 0 Å². The van der Waals surface area contributed by atoms with Gasteiger partial charge in [0.1, 0.15) is 5.78 Å². The lowest BCUT2D eigenvalue weighted by atomic mass is 9.90. The fraction of sp³-hybridized carbons (Fsp3) is 0.833. The fourth-order valence-corrected chi connectivity index (χ4v) is 2.70. The van der Waals surface area contributed by atoms with Crippen molar-refractivity contribution in [3.05, 3.63) is 0 Å². The SMILES string of the molecule is CCC(C)C(C(CC(C)=O)OC)N(C)C(=O)CNC(=O)C(C)N(C)C. The summed E-state index contributed by atoms with van der Waals surface area (Å²) in [5.74, 6) is -0.210. The van der Waals surface area contributed by atoms with Crippen molar-refractivity contribution in [2.45, 2.75) is 58.7 Å². The lowest BCUT2D eigenvalue weighted by Crippen LogP contribution is -2.53. The van der Waals surface area contributed by atoms with Crippen LogP contribution in [0.4, 0.5) is 0 Å². The van der Waals surface area contributed by atoms with Gasteiger partial charge in [0.25, 0.3) is 0 Å². The van der Waals surface area contributed by atoms with Crippen LogP contribution in [0.15, 0.2) is 0 Å². The lowest BCUT2D eigenvalue weighted by molar-refractivity contribution is -0.139. The smallest absolute Gasteiger partial charge is 0.242 e. The van der Waals surface area contributed by atoms with Crippen molar-refractivity contribution in [2.24, 2.45) is 5.92 Å². The third kappa shape index (κ3) is 7.52. The van der Waals surface area contributed by atoms with Gasteiger partial charge in [0.05, 0.1) is 24.7 Å². The van der Waals surface area contributed by atoms with Crippen molar-refractivity contribution < 1.29 is 19.1 Å². The Hall–Kier alpha value is -1.47. The number of hydrogen-bond acceptors (Lipinski definition) is 5. The van der Waals surface area contributed by atoms with E-state index in [9.17, 15) is 14.4 Å². The molecule has 0 radical (unpaired) electrons. The molecule has 4 atom stereocenters. The molecule has 0 spiro atoms. The zero-order chi connectivity index (χ0) is 19.7. The van der Waals surface area contributed by atoms with E-state index in [1.54, 1.807) is 30.9 Å². The molecule has 0 fully saturated rings. The Morgan fingerprint density at radius 2 is 1.68 bits per heavy atom. The van der Waals surface area contributed by atoms with E-state index in [0.29, 0.717) is 0 Å². The molecule has 0 aliphatic carbocycles. The summed E-state index contributed by atoms with van der Waals surface area (Å²) in [5.41, 5.74) is 0. The Balaban J connectivity index is 5.05. The second-order valence-corrected chi connectivity index (χ2v) is 6.92. The first-order chi connectivity index (χ1) is 11.6. The number of carbonyl (C=O) groups is 3. The van der Waals surface area contributed by atoms with Crippen LogP contribution in [0.2, 0.25) is 0 Å². The summed E-state index contributed by atoms with van der Waals surface area (Å²) < 4.78 is 5.50. The Kier molecular flexibility index (Phi) is 10.5. The zero-order valence-corrected chi connectivity index (χ0v) is 17.0. The van der Waals surface area contributed by atoms with Gasteiger partial charge in [-0.15, -0.1) is 0 Å². The number of ketones is 1. The van der Waals surface area contributed by atoms with Gasteiger partial charge in [-0.25, -0.2) is 0 Å². The summed E-state index contributed by atoms with van der Waals surface area (Å²) in [4.78, 5) is 39.5. The fourth-order valence-electron chi connectivity index (χ4n) is 2.70. The van der Waals surface area contributed by atoms with E-state index in [2.05, 4.69) is 5.32 Å². The molecule has 0 saturated heterocycles. The third-order valence-corrected chi connectivity index (χ3v) is 4.81. The van der Waals surface area contributed by atoms with Crippen LogP contribution in [0.25, 0.3) is 0 Å². The highest BCUT2D eigenvalue weighted by Crippen LogP contribution is 2.21. The summed E-state index contributed by atoms with van der Waals surface area (Å²) in [6.45, 7) is 7.30. The second kappa shape index (κ2) is 11.2. The van der Waals surface area contributed by atoms with Crippen LogP contribution >= 0.6 is 0 Å². The van der Waals surface area contributed by atoms with Crippen molar-refractivity contribution in [3.8, 4) is 0 Å². The maximum absolute atomic E-state index is 12.6. The number of Topliss-reactive ketones (excluding diaryl/α,β-unsaturated/α-hetero) is 1. The van der Waals surface area contributed by atoms with E-state index < -0.39 is 0 Å². The highest BCUT2D eigenvalue weighted by Gasteiger charge is 2.33. The first-order valence-corrected chi connectivity index (χ1v) is 8.78. The first kappa shape index (κ1) is 23.5. The number of rotatable bonds is 11. The molecule has 0 aromatic carbocycles. The average Bonchev–Trinajstić information content (AvgIpc) is 2.56. The van der Waals surface area contributed by atoms with E-state index in [0.717, 1.165) is 6.42 Å². The molecule has 0 bridgehead atoms. The average molecular weight is 357 g/mol. The summed E-state index contributed by atoms with van der Waals surface area (Å²) in [6, 6.07) is -0.539. The number of likely N-dealkylation sites (N-methyl/N-ethyl adjacent to an activating group) is 2. The van der Waals surface area contributed by atoms with Gasteiger partial charge in [-0.1, -0.05) is 20.3 Å². The Labute approximate surface area is 152 Å². The molecule has 0 aliphatic rings. The van der Waals surface area contributed by atoms with Gasteiger partial charge < -0.3 is 15.0 Å². The predicted molar refractivity (Wildman–Crippen MR) is 98.3 cm³/mol. The minimum Gasteiger partial charge on any atom is -0.379 e. The maximum Gasteiger partial charge on any atom is 0.242 e. The van der Waals surface area contributed by atoms with Crippen LogP contribution in [0, 0.1) is 5.92 Å². The third-order valence-electron chi connectivity index (χ3n) is 4.81. The second-order valence-electron chi connectivity index (χ2n) is 6.92. The van der Waals surface area contributed by atoms with Crippen LogP contribution in [-0.4, -0.2) is 80.4 Å². The molecule has 4 unspecified atom stereocenters. The van der Waals surface area contributed by atoms with Crippen LogP contribution in [0.1, 0.15) is 40.5 Å². The van der Waals surface area contributed by atoms with E-state index >= 15 is 0 Å². The number of nitrogens with zero attached hydrogens (tertiary/aromatic N) is 2. The first-order valence-electron chi connectivity index (χ1n) is 8.78. The molecule has 146 valence electrons. The van der Waals surface area contributed by atoms with Crippen molar-refractivity contribution in [3.63, 3.8) is 0 Å². The Bertz CT molecular complexity index is 454. The normalized spacial score (nSPS) is 16.0. The summed E-state index contributed by atoms with van der Waals surface area (Å²) in [7, 11) is 6.87. The van der Waals surface area contributed by atoms with Crippen molar-refractivity contribution in [1.82, 2.24) is 15.1 Å². The van der Waals surface area contributed by atoms with Gasteiger partial charge in [0, 0.05) is 20.6 Å². The summed E-state index contributed by atoms with van der Waals surface area (Å²) in [5, 5.41) is 2.67. The number of carbonyl (C=O) groups excluding carboxylic acids is 3. The van der Waals surface area contributed by atoms with E-state index in [1.807, 2.05) is 27.9 Å². The van der Waals surface area contributed by atoms with Crippen molar-refractivity contribution in [2.75, 3.05) is 34.8 Å². The van der Waals surface area contributed by atoms with Crippen LogP contribution < -0.4 is 5.32 Å². The van der Waals surface area contributed by atoms with E-state index in [-0.39, 0.29) is 54.7 Å². The molecule has 0 aromatic heterocycles. The van der Waals surface area contributed by atoms with Crippen molar-refractivity contribution in [1.29, 1.82) is 0 Å². The molecule has 7 nitrogen and oxygen atoms in total. The van der Waals surface area contributed by atoms with Gasteiger partial charge in [0.2, 0.25) is 11.8 Å². The van der Waals surface area contributed by atoms with E-state index in [1.165, 1.54) is 6.92 Å². The molecule has 0 aromatic rings. The molecular formula is C18H35N3O4. The number of nitrogens with one attached hydrogen (secondary N) is 1. The molecule has 0 saturated carbocycles. The molecular weight excluding hydrogens is 322 g/mol. The molecule has 1 N–H and O–H groups in total. The zero-order valence-electron chi connectivity index (χ0n) is 17.0. The summed E-state index contributed by atoms with van der Waals surface area (Å²) >= 11 is 0. The molecule has 0 aliphatic heterocycles. The van der Waals surface area contributed by atoms with Crippen LogP contribution in [-0.2, 0) is 19.1 Å². The Morgan fingerprint density at radius 3 is 2.08 bits per heavy atom.